The van der Waals surface area contributed by atoms with Gasteiger partial charge in [0, 0.05) is 13.0 Å². The molecule has 0 spiro atoms. The number of hydrogen-bond donors (Lipinski definition) is 5. The number of nitrogens with two attached hydrogens (primary N) is 1. The minimum Gasteiger partial charge on any atom is -0.480 e. The van der Waals surface area contributed by atoms with Crippen molar-refractivity contribution in [1.29, 1.82) is 0 Å². The van der Waals surface area contributed by atoms with Gasteiger partial charge < -0.3 is 21.5 Å². The van der Waals surface area contributed by atoms with Gasteiger partial charge in [-0.2, -0.15) is 5.10 Å². The number of carboxylic acid groups (broad SMARTS) is 1. The van der Waals surface area contributed by atoms with E-state index in [1.165, 1.54) is 6.33 Å². The largest absolute Gasteiger partial charge is 0.480 e. The van der Waals surface area contributed by atoms with Crippen molar-refractivity contribution in [3.63, 3.8) is 0 Å². The summed E-state index contributed by atoms with van der Waals surface area (Å²) >= 11 is 0. The number of urea groups is 1. The van der Waals surface area contributed by atoms with E-state index in [9.17, 15) is 14.4 Å². The van der Waals surface area contributed by atoms with Crippen molar-refractivity contribution in [2.75, 3.05) is 6.54 Å². The number of carboxylic acids is 1. The molecule has 19 heavy (non-hydrogen) atoms. The van der Waals surface area contributed by atoms with Crippen molar-refractivity contribution in [1.82, 2.24) is 25.8 Å². The Bertz CT molecular complexity index is 446. The summed E-state index contributed by atoms with van der Waals surface area (Å²) in [7, 11) is 0. The first-order valence-corrected chi connectivity index (χ1v) is 5.38. The van der Waals surface area contributed by atoms with Crippen LogP contribution in [-0.2, 0) is 16.0 Å². The molecule has 10 nitrogen and oxygen atoms in total. The number of carbonyl (C=O) groups is 3. The van der Waals surface area contributed by atoms with Gasteiger partial charge in [-0.1, -0.05) is 0 Å². The van der Waals surface area contributed by atoms with E-state index in [1.54, 1.807) is 0 Å². The monoisotopic (exact) mass is 270 g/mol. The van der Waals surface area contributed by atoms with Crippen LogP contribution >= 0.6 is 0 Å². The predicted molar refractivity (Wildman–Crippen MR) is 61.9 cm³/mol. The molecule has 0 radical (unpaired) electrons. The SMILES string of the molecule is NC(=O)C[C@@H](NC(=O)NCCc1ncn[nH]1)C(=O)O. The molecule has 0 aliphatic rings. The van der Waals surface area contributed by atoms with Gasteiger partial charge in [-0.05, 0) is 0 Å². The van der Waals surface area contributed by atoms with Crippen LogP contribution in [0.4, 0.5) is 4.79 Å². The molecular formula is C9H14N6O4. The Hall–Kier alpha value is -2.65. The second-order valence-corrected chi connectivity index (χ2v) is 3.64. The Morgan fingerprint density at radius 3 is 2.74 bits per heavy atom. The second-order valence-electron chi connectivity index (χ2n) is 3.64. The van der Waals surface area contributed by atoms with Gasteiger partial charge in [0.15, 0.2) is 0 Å². The van der Waals surface area contributed by atoms with Crippen molar-refractivity contribution < 1.29 is 19.5 Å². The molecule has 0 aromatic carbocycles. The standard InChI is InChI=1S/C9H14N6O4/c10-6(16)3-5(8(17)18)14-9(19)11-2-1-7-12-4-13-15-7/h4-5H,1-3H2,(H2,10,16)(H,17,18)(H2,11,14,19)(H,12,13,15)/t5-/m1/s1. The van der Waals surface area contributed by atoms with Gasteiger partial charge in [-0.15, -0.1) is 0 Å². The minimum absolute atomic E-state index is 0.240. The van der Waals surface area contributed by atoms with Crippen molar-refractivity contribution in [3.05, 3.63) is 12.2 Å². The van der Waals surface area contributed by atoms with Gasteiger partial charge in [0.05, 0.1) is 6.42 Å². The number of aromatic amines is 1. The van der Waals surface area contributed by atoms with Crippen molar-refractivity contribution in [3.8, 4) is 0 Å². The van der Waals surface area contributed by atoms with Gasteiger partial charge in [0.2, 0.25) is 5.91 Å². The lowest BCUT2D eigenvalue weighted by Crippen LogP contribution is -2.48. The highest BCUT2D eigenvalue weighted by molar-refractivity contribution is 5.87. The molecule has 6 N–H and O–H groups in total. The maximum absolute atomic E-state index is 11.4. The molecule has 10 heteroatoms. The maximum atomic E-state index is 11.4. The molecule has 1 aromatic heterocycles. The molecule has 0 saturated heterocycles. The van der Waals surface area contributed by atoms with E-state index in [1.807, 2.05) is 0 Å². The Morgan fingerprint density at radius 1 is 1.47 bits per heavy atom. The molecule has 3 amide bonds. The van der Waals surface area contributed by atoms with Crippen LogP contribution in [0.5, 0.6) is 0 Å². The smallest absolute Gasteiger partial charge is 0.326 e. The lowest BCUT2D eigenvalue weighted by atomic mass is 10.2. The van der Waals surface area contributed by atoms with Crippen LogP contribution in [0.15, 0.2) is 6.33 Å². The topological polar surface area (TPSA) is 163 Å². The molecule has 1 rings (SSSR count). The maximum Gasteiger partial charge on any atom is 0.326 e. The molecule has 0 bridgehead atoms. The highest BCUT2D eigenvalue weighted by Crippen LogP contribution is 1.92. The van der Waals surface area contributed by atoms with E-state index in [0.29, 0.717) is 12.2 Å². The summed E-state index contributed by atoms with van der Waals surface area (Å²) < 4.78 is 0. The number of hydrogen-bond acceptors (Lipinski definition) is 5. The first-order chi connectivity index (χ1) is 8.99. The average Bonchev–Trinajstić information content (AvgIpc) is 2.80. The van der Waals surface area contributed by atoms with Crippen LogP contribution in [0.2, 0.25) is 0 Å². The van der Waals surface area contributed by atoms with E-state index in [2.05, 4.69) is 25.8 Å². The molecule has 1 aromatic rings. The Kier molecular flexibility index (Phi) is 5.26. The number of amides is 3. The fourth-order valence-electron chi connectivity index (χ4n) is 1.26. The molecular weight excluding hydrogens is 256 g/mol. The van der Waals surface area contributed by atoms with E-state index in [4.69, 9.17) is 10.8 Å². The highest BCUT2D eigenvalue weighted by Gasteiger charge is 2.21. The fraction of sp³-hybridized carbons (Fsp3) is 0.444. The third-order valence-corrected chi connectivity index (χ3v) is 2.12. The van der Waals surface area contributed by atoms with Crippen LogP contribution in [0, 0.1) is 0 Å². The number of carbonyl (C=O) groups excluding carboxylic acids is 2. The summed E-state index contributed by atoms with van der Waals surface area (Å²) in [6.45, 7) is 0.240. The van der Waals surface area contributed by atoms with Gasteiger partial charge in [0.1, 0.15) is 18.2 Å². The van der Waals surface area contributed by atoms with E-state index in [0.717, 1.165) is 0 Å². The number of aliphatic carboxylic acids is 1. The summed E-state index contributed by atoms with van der Waals surface area (Å²) in [5.74, 6) is -1.55. The molecule has 0 aliphatic carbocycles. The van der Waals surface area contributed by atoms with Gasteiger partial charge in [-0.3, -0.25) is 9.89 Å². The van der Waals surface area contributed by atoms with E-state index < -0.39 is 30.4 Å². The minimum atomic E-state index is -1.34. The van der Waals surface area contributed by atoms with Crippen LogP contribution in [0.25, 0.3) is 0 Å². The van der Waals surface area contributed by atoms with Crippen molar-refractivity contribution >= 4 is 17.9 Å². The summed E-state index contributed by atoms with van der Waals surface area (Å²) in [5.41, 5.74) is 4.88. The molecule has 0 aliphatic heterocycles. The number of aromatic nitrogens is 3. The van der Waals surface area contributed by atoms with Crippen molar-refractivity contribution in [2.45, 2.75) is 18.9 Å². The first kappa shape index (κ1) is 14.4. The molecule has 0 unspecified atom stereocenters. The van der Waals surface area contributed by atoms with Gasteiger partial charge in [-0.25, -0.2) is 14.6 Å². The van der Waals surface area contributed by atoms with E-state index in [-0.39, 0.29) is 6.54 Å². The molecule has 1 atom stereocenters. The summed E-state index contributed by atoms with van der Waals surface area (Å²) in [6, 6.07) is -2.05. The molecule has 1 heterocycles. The zero-order valence-electron chi connectivity index (χ0n) is 9.92. The number of primary amides is 1. The predicted octanol–water partition coefficient (Wildman–Crippen LogP) is -2.02. The quantitative estimate of drug-likeness (QED) is 0.383. The highest BCUT2D eigenvalue weighted by atomic mass is 16.4. The van der Waals surface area contributed by atoms with Gasteiger partial charge >= 0.3 is 12.0 Å². The summed E-state index contributed by atoms with van der Waals surface area (Å²) in [5, 5.41) is 19.6. The van der Waals surface area contributed by atoms with Crippen LogP contribution in [-0.4, -0.2) is 50.8 Å². The zero-order chi connectivity index (χ0) is 14.3. The van der Waals surface area contributed by atoms with E-state index >= 15 is 0 Å². The van der Waals surface area contributed by atoms with Gasteiger partial charge in [0.25, 0.3) is 0 Å². The van der Waals surface area contributed by atoms with Crippen molar-refractivity contribution in [2.24, 2.45) is 5.73 Å². The average molecular weight is 270 g/mol. The number of nitrogens with zero attached hydrogens (tertiary/aromatic N) is 2. The second kappa shape index (κ2) is 6.93. The lowest BCUT2D eigenvalue weighted by molar-refractivity contribution is -0.140. The number of nitrogens with one attached hydrogen (secondary N) is 3. The normalized spacial score (nSPS) is 11.6. The fourth-order valence-corrected chi connectivity index (χ4v) is 1.26. The third-order valence-electron chi connectivity index (χ3n) is 2.12. The van der Waals surface area contributed by atoms with Crippen LogP contribution in [0.3, 0.4) is 0 Å². The number of H-pyrrole nitrogens is 1. The molecule has 104 valence electrons. The third kappa shape index (κ3) is 5.48. The summed E-state index contributed by atoms with van der Waals surface area (Å²) in [4.78, 5) is 36.6. The summed E-state index contributed by atoms with van der Waals surface area (Å²) in [6.07, 6.45) is 1.29. The number of rotatable bonds is 7. The molecule has 0 saturated carbocycles. The Balaban J connectivity index is 2.32. The zero-order valence-corrected chi connectivity index (χ0v) is 9.92. The lowest BCUT2D eigenvalue weighted by Gasteiger charge is -2.13. The van der Waals surface area contributed by atoms with Crippen LogP contribution < -0.4 is 16.4 Å². The Morgan fingerprint density at radius 2 is 2.21 bits per heavy atom. The van der Waals surface area contributed by atoms with Crippen LogP contribution in [0.1, 0.15) is 12.2 Å². The first-order valence-electron chi connectivity index (χ1n) is 5.38. The molecule has 0 fully saturated rings. The Labute approximate surface area is 107 Å².